The zero-order valence-corrected chi connectivity index (χ0v) is 16.6. The molecule has 0 atom stereocenters. The molecule has 0 saturated heterocycles. The lowest BCUT2D eigenvalue weighted by Crippen LogP contribution is -2.26. The van der Waals surface area contributed by atoms with Gasteiger partial charge in [0.25, 0.3) is 0 Å². The molecular weight excluding hydrogens is 398 g/mol. The first kappa shape index (κ1) is 20.4. The van der Waals surface area contributed by atoms with Crippen molar-refractivity contribution in [2.45, 2.75) is 12.3 Å². The number of nitrogen functional groups attached to an aromatic ring is 1. The summed E-state index contributed by atoms with van der Waals surface area (Å²) in [6.07, 6.45) is -0.320. The Labute approximate surface area is 179 Å². The molecule has 3 N–H and O–H groups in total. The van der Waals surface area contributed by atoms with Gasteiger partial charge in [-0.25, -0.2) is 13.6 Å². The maximum absolute atomic E-state index is 13.7. The Balaban J connectivity index is 1.31. The third-order valence-electron chi connectivity index (χ3n) is 5.20. The molecule has 3 aromatic rings. The van der Waals surface area contributed by atoms with Crippen LogP contribution in [0.5, 0.6) is 0 Å². The summed E-state index contributed by atoms with van der Waals surface area (Å²) in [4.78, 5) is 12.1. The van der Waals surface area contributed by atoms with E-state index in [1.54, 1.807) is 0 Å². The van der Waals surface area contributed by atoms with Gasteiger partial charge in [-0.15, -0.1) is 0 Å². The van der Waals surface area contributed by atoms with E-state index in [2.05, 4.69) is 29.3 Å². The minimum absolute atomic E-state index is 0.0168. The number of benzene rings is 3. The fourth-order valence-corrected chi connectivity index (χ4v) is 3.72. The van der Waals surface area contributed by atoms with E-state index in [0.717, 1.165) is 28.3 Å². The minimum Gasteiger partial charge on any atom is -0.449 e. The van der Waals surface area contributed by atoms with Crippen LogP contribution in [0.2, 0.25) is 0 Å². The molecule has 4 nitrogen and oxygen atoms in total. The average molecular weight is 418 g/mol. The second-order valence-corrected chi connectivity index (χ2v) is 7.13. The summed E-state index contributed by atoms with van der Waals surface area (Å²) >= 11 is 0. The Kier molecular flexibility index (Phi) is 5.85. The van der Waals surface area contributed by atoms with E-state index in [0.29, 0.717) is 0 Å². The number of carbonyl (C=O) groups is 1. The van der Waals surface area contributed by atoms with Gasteiger partial charge in [-0.05, 0) is 34.4 Å². The number of hydrogen-bond donors (Lipinski definition) is 2. The first-order chi connectivity index (χ1) is 15.1. The molecule has 0 heterocycles. The molecular formula is C25H20F2N2O2. The maximum Gasteiger partial charge on any atom is 0.407 e. The van der Waals surface area contributed by atoms with Crippen LogP contribution in [-0.4, -0.2) is 19.2 Å². The van der Waals surface area contributed by atoms with E-state index in [9.17, 15) is 13.6 Å². The molecule has 1 aliphatic carbocycles. The molecule has 0 fully saturated rings. The Morgan fingerprint density at radius 1 is 1.00 bits per heavy atom. The van der Waals surface area contributed by atoms with Crippen LogP contribution >= 0.6 is 0 Å². The largest absolute Gasteiger partial charge is 0.449 e. The van der Waals surface area contributed by atoms with Gasteiger partial charge in [-0.3, -0.25) is 0 Å². The predicted molar refractivity (Wildman–Crippen MR) is 115 cm³/mol. The van der Waals surface area contributed by atoms with Crippen LogP contribution < -0.4 is 11.1 Å². The zero-order chi connectivity index (χ0) is 21.8. The monoisotopic (exact) mass is 418 g/mol. The highest BCUT2D eigenvalue weighted by Gasteiger charge is 2.28. The van der Waals surface area contributed by atoms with Gasteiger partial charge in [0.05, 0.1) is 11.3 Å². The molecule has 0 radical (unpaired) electrons. The second-order valence-electron chi connectivity index (χ2n) is 7.13. The summed E-state index contributed by atoms with van der Waals surface area (Å²) < 4.78 is 32.4. The first-order valence-electron chi connectivity index (χ1n) is 9.87. The predicted octanol–water partition coefficient (Wildman–Crippen LogP) is 4.83. The van der Waals surface area contributed by atoms with Crippen molar-refractivity contribution in [3.8, 4) is 23.0 Å². The molecule has 0 bridgehead atoms. The first-order valence-corrected chi connectivity index (χ1v) is 9.87. The molecule has 31 heavy (non-hydrogen) atoms. The van der Waals surface area contributed by atoms with Crippen LogP contribution in [0.4, 0.5) is 19.3 Å². The van der Waals surface area contributed by atoms with Crippen molar-refractivity contribution in [1.29, 1.82) is 0 Å². The van der Waals surface area contributed by atoms with Gasteiger partial charge in [-0.1, -0.05) is 60.4 Å². The van der Waals surface area contributed by atoms with E-state index < -0.39 is 17.7 Å². The molecule has 0 saturated carbocycles. The molecule has 1 aliphatic rings. The van der Waals surface area contributed by atoms with E-state index in [1.165, 1.54) is 6.07 Å². The normalized spacial score (nSPS) is 11.8. The molecule has 1 amide bonds. The van der Waals surface area contributed by atoms with Crippen molar-refractivity contribution in [2.75, 3.05) is 18.9 Å². The lowest BCUT2D eigenvalue weighted by atomic mass is 9.98. The SMILES string of the molecule is Nc1ccc(F)c(F)c1C#CCCNC(=O)OCC1c2ccccc2-c2ccccc21. The molecule has 3 aromatic carbocycles. The van der Waals surface area contributed by atoms with Crippen molar-refractivity contribution in [2.24, 2.45) is 0 Å². The van der Waals surface area contributed by atoms with Gasteiger partial charge in [0.15, 0.2) is 11.6 Å². The number of carbonyl (C=O) groups excluding carboxylic acids is 1. The summed E-state index contributed by atoms with van der Waals surface area (Å²) in [6.45, 7) is 0.428. The van der Waals surface area contributed by atoms with Crippen LogP contribution in [0.1, 0.15) is 29.0 Å². The molecule has 6 heteroatoms. The van der Waals surface area contributed by atoms with E-state index in [1.807, 2.05) is 36.4 Å². The van der Waals surface area contributed by atoms with Crippen molar-refractivity contribution in [3.05, 3.63) is 89.0 Å². The van der Waals surface area contributed by atoms with Crippen LogP contribution in [0.25, 0.3) is 11.1 Å². The lowest BCUT2D eigenvalue weighted by Gasteiger charge is -2.14. The minimum atomic E-state index is -1.07. The molecule has 0 aromatic heterocycles. The van der Waals surface area contributed by atoms with Crippen LogP contribution in [0.15, 0.2) is 60.7 Å². The summed E-state index contributed by atoms with van der Waals surface area (Å²) in [5.41, 5.74) is 10.1. The lowest BCUT2D eigenvalue weighted by molar-refractivity contribution is 0.143. The van der Waals surface area contributed by atoms with Crippen LogP contribution in [-0.2, 0) is 4.74 Å². The maximum atomic E-state index is 13.7. The Morgan fingerprint density at radius 2 is 1.65 bits per heavy atom. The molecule has 4 rings (SSSR count). The number of alkyl carbamates (subject to hydrolysis) is 1. The van der Waals surface area contributed by atoms with Gasteiger partial charge in [0.1, 0.15) is 6.61 Å². The number of amides is 1. The number of halogens is 2. The fourth-order valence-electron chi connectivity index (χ4n) is 3.72. The van der Waals surface area contributed by atoms with Crippen molar-refractivity contribution in [3.63, 3.8) is 0 Å². The molecule has 156 valence electrons. The number of hydrogen-bond acceptors (Lipinski definition) is 3. The summed E-state index contributed by atoms with van der Waals surface area (Å²) in [7, 11) is 0. The number of anilines is 1. The highest BCUT2D eigenvalue weighted by Crippen LogP contribution is 2.44. The number of ether oxygens (including phenoxy) is 1. The number of nitrogens with one attached hydrogen (secondary N) is 1. The number of rotatable bonds is 4. The van der Waals surface area contributed by atoms with Gasteiger partial charge in [0.2, 0.25) is 0 Å². The van der Waals surface area contributed by atoms with Crippen molar-refractivity contribution < 1.29 is 18.3 Å². The van der Waals surface area contributed by atoms with Gasteiger partial charge < -0.3 is 15.8 Å². The Bertz CT molecular complexity index is 1150. The molecule has 0 unspecified atom stereocenters. The van der Waals surface area contributed by atoms with E-state index in [-0.39, 0.29) is 36.7 Å². The topological polar surface area (TPSA) is 64.3 Å². The molecule has 0 aliphatic heterocycles. The standard InChI is InChI=1S/C25H20F2N2O2/c26-22-12-13-23(28)20(24(22)27)11-5-6-14-29-25(30)31-15-21-18-9-3-1-7-16(18)17-8-2-4-10-19(17)21/h1-4,7-10,12-13,21H,6,14-15,28H2,(H,29,30). The van der Waals surface area contributed by atoms with Crippen LogP contribution in [0.3, 0.4) is 0 Å². The molecule has 0 spiro atoms. The van der Waals surface area contributed by atoms with Gasteiger partial charge in [-0.2, -0.15) is 0 Å². The van der Waals surface area contributed by atoms with E-state index >= 15 is 0 Å². The third-order valence-corrected chi connectivity index (χ3v) is 5.20. The van der Waals surface area contributed by atoms with Gasteiger partial charge >= 0.3 is 6.09 Å². The van der Waals surface area contributed by atoms with Crippen molar-refractivity contribution in [1.82, 2.24) is 5.32 Å². The third kappa shape index (κ3) is 4.22. The van der Waals surface area contributed by atoms with Crippen molar-refractivity contribution >= 4 is 11.8 Å². The smallest absolute Gasteiger partial charge is 0.407 e. The number of fused-ring (bicyclic) bond motifs is 3. The summed E-state index contributed by atoms with van der Waals surface area (Å²) in [5.74, 6) is 3.10. The second kappa shape index (κ2) is 8.88. The van der Waals surface area contributed by atoms with Crippen LogP contribution in [0, 0.1) is 23.5 Å². The zero-order valence-electron chi connectivity index (χ0n) is 16.6. The number of nitrogens with two attached hydrogens (primary N) is 1. The summed E-state index contributed by atoms with van der Waals surface area (Å²) in [5, 5.41) is 2.62. The summed E-state index contributed by atoms with van der Waals surface area (Å²) in [6, 6.07) is 18.4. The average Bonchev–Trinajstić information content (AvgIpc) is 3.10. The quantitative estimate of drug-likeness (QED) is 0.363. The Hall–Kier alpha value is -3.85. The van der Waals surface area contributed by atoms with Gasteiger partial charge in [0, 0.05) is 18.9 Å². The highest BCUT2D eigenvalue weighted by atomic mass is 19.2. The Morgan fingerprint density at radius 3 is 2.32 bits per heavy atom. The fraction of sp³-hybridized carbons (Fsp3) is 0.160. The van der Waals surface area contributed by atoms with E-state index in [4.69, 9.17) is 10.5 Å². The highest BCUT2D eigenvalue weighted by molar-refractivity contribution is 5.79.